The van der Waals surface area contributed by atoms with Gasteiger partial charge >= 0.3 is 0 Å². The summed E-state index contributed by atoms with van der Waals surface area (Å²) in [5.74, 6) is 0. The Morgan fingerprint density at radius 1 is 1.12 bits per heavy atom. The molecule has 0 saturated carbocycles. The number of fused-ring (bicyclic) bond motifs is 2. The maximum absolute atomic E-state index is 13.1. The van der Waals surface area contributed by atoms with Crippen LogP contribution in [0.3, 0.4) is 0 Å². The number of hydrogen-bond acceptors (Lipinski definition) is 5. The first-order valence-electron chi connectivity index (χ1n) is 10.4. The highest BCUT2D eigenvalue weighted by Gasteiger charge is 2.28. The fourth-order valence-corrected chi connectivity index (χ4v) is 5.96. The minimum atomic E-state index is -3.54. The summed E-state index contributed by atoms with van der Waals surface area (Å²) in [5, 5.41) is 2.14. The Bertz CT molecular complexity index is 1290. The molecule has 0 saturated heterocycles. The molecular weight excluding hydrogens is 440 g/mol. The maximum atomic E-state index is 13.1. The highest BCUT2D eigenvalue weighted by Crippen LogP contribution is 2.47. The molecule has 2 aromatic carbocycles. The second-order valence-electron chi connectivity index (χ2n) is 9.03. The third-order valence-electron chi connectivity index (χ3n) is 5.59. The third-order valence-corrected chi connectivity index (χ3v) is 8.59. The maximum Gasteiger partial charge on any atom is 0.243 e. The SMILES string of the molecule is CN1C(=Cc2ccnc3ccccc23)Sc2cc(S(=O)(=O)N(C)CC[N+](C)(C)C)ccc21. The van der Waals surface area contributed by atoms with Gasteiger partial charge < -0.3 is 9.38 Å². The van der Waals surface area contributed by atoms with Gasteiger partial charge in [0.05, 0.1) is 55.4 Å². The monoisotopic (exact) mass is 469 g/mol. The Hall–Kier alpha value is -2.39. The molecule has 168 valence electrons. The van der Waals surface area contributed by atoms with Crippen LogP contribution in [0.25, 0.3) is 17.0 Å². The topological polar surface area (TPSA) is 53.5 Å². The molecule has 2 heterocycles. The summed E-state index contributed by atoms with van der Waals surface area (Å²) >= 11 is 1.59. The van der Waals surface area contributed by atoms with Crippen molar-refractivity contribution in [2.45, 2.75) is 9.79 Å². The minimum Gasteiger partial charge on any atom is -0.338 e. The molecule has 0 atom stereocenters. The fraction of sp³-hybridized carbons (Fsp3) is 0.292. The summed E-state index contributed by atoms with van der Waals surface area (Å²) in [5.41, 5.74) is 3.05. The van der Waals surface area contributed by atoms with Gasteiger partial charge in [0.2, 0.25) is 10.0 Å². The second kappa shape index (κ2) is 8.51. The van der Waals surface area contributed by atoms with Gasteiger partial charge in [-0.05, 0) is 42.0 Å². The summed E-state index contributed by atoms with van der Waals surface area (Å²) in [6, 6.07) is 15.5. The Morgan fingerprint density at radius 2 is 1.88 bits per heavy atom. The van der Waals surface area contributed by atoms with Crippen LogP contribution in [0, 0.1) is 0 Å². The lowest BCUT2D eigenvalue weighted by molar-refractivity contribution is -0.869. The number of hydrogen-bond donors (Lipinski definition) is 0. The molecule has 0 spiro atoms. The number of para-hydroxylation sites is 1. The lowest BCUT2D eigenvalue weighted by atomic mass is 10.1. The van der Waals surface area contributed by atoms with Gasteiger partial charge in [-0.25, -0.2) is 8.42 Å². The van der Waals surface area contributed by atoms with Crippen molar-refractivity contribution < 1.29 is 12.9 Å². The van der Waals surface area contributed by atoms with E-state index < -0.39 is 10.0 Å². The summed E-state index contributed by atoms with van der Waals surface area (Å²) in [7, 11) is 6.29. The van der Waals surface area contributed by atoms with Crippen molar-refractivity contribution in [2.24, 2.45) is 0 Å². The van der Waals surface area contributed by atoms with Gasteiger partial charge in [0, 0.05) is 30.6 Å². The minimum absolute atomic E-state index is 0.330. The van der Waals surface area contributed by atoms with E-state index in [2.05, 4.69) is 43.2 Å². The van der Waals surface area contributed by atoms with E-state index in [1.807, 2.05) is 43.6 Å². The zero-order valence-electron chi connectivity index (χ0n) is 19.1. The number of thioether (sulfide) groups is 1. The number of pyridine rings is 1. The van der Waals surface area contributed by atoms with E-state index in [4.69, 9.17) is 0 Å². The normalized spacial score (nSPS) is 15.7. The first-order chi connectivity index (χ1) is 15.1. The van der Waals surface area contributed by atoms with Crippen molar-refractivity contribution in [1.29, 1.82) is 0 Å². The van der Waals surface area contributed by atoms with Gasteiger partial charge in [0.1, 0.15) is 0 Å². The van der Waals surface area contributed by atoms with Gasteiger partial charge in [-0.2, -0.15) is 4.31 Å². The van der Waals surface area contributed by atoms with Crippen LogP contribution in [0.15, 0.2) is 69.5 Å². The predicted octanol–water partition coefficient (Wildman–Crippen LogP) is 4.10. The van der Waals surface area contributed by atoms with Gasteiger partial charge in [0.15, 0.2) is 0 Å². The van der Waals surface area contributed by atoms with Gasteiger partial charge in [0.25, 0.3) is 0 Å². The number of likely N-dealkylation sites (N-methyl/N-ethyl adjacent to an activating group) is 2. The number of anilines is 1. The van der Waals surface area contributed by atoms with E-state index in [1.165, 1.54) is 4.31 Å². The number of quaternary nitrogens is 1. The molecule has 6 nitrogen and oxygen atoms in total. The average Bonchev–Trinajstić information content (AvgIpc) is 3.06. The van der Waals surface area contributed by atoms with Crippen molar-refractivity contribution in [3.63, 3.8) is 0 Å². The van der Waals surface area contributed by atoms with Crippen molar-refractivity contribution >= 4 is 44.5 Å². The van der Waals surface area contributed by atoms with Crippen LogP contribution in [-0.4, -0.2) is 70.5 Å². The summed E-state index contributed by atoms with van der Waals surface area (Å²) in [4.78, 5) is 7.81. The van der Waals surface area contributed by atoms with Gasteiger partial charge in [-0.3, -0.25) is 4.98 Å². The Labute approximate surface area is 194 Å². The molecule has 0 fully saturated rings. The van der Waals surface area contributed by atoms with Crippen LogP contribution in [0.4, 0.5) is 5.69 Å². The van der Waals surface area contributed by atoms with E-state index in [9.17, 15) is 8.42 Å². The van der Waals surface area contributed by atoms with Crippen LogP contribution in [0.2, 0.25) is 0 Å². The molecular formula is C24H29N4O2S2+. The van der Waals surface area contributed by atoms with E-state index >= 15 is 0 Å². The smallest absolute Gasteiger partial charge is 0.243 e. The number of aromatic nitrogens is 1. The van der Waals surface area contributed by atoms with E-state index in [-0.39, 0.29) is 0 Å². The first kappa shape index (κ1) is 22.8. The Kier molecular flexibility index (Phi) is 6.06. The quantitative estimate of drug-likeness (QED) is 0.509. The molecule has 3 aromatic rings. The standard InChI is InChI=1S/C24H29N4O2S2/c1-26(14-15-28(3,4)5)32(29,30)19-10-11-22-23(17-19)31-24(27(22)2)16-18-12-13-25-21-9-7-6-8-20(18)21/h6-13,16-17H,14-15H2,1-5H3/q+1. The molecule has 0 unspecified atom stereocenters. The molecule has 0 N–H and O–H groups in total. The van der Waals surface area contributed by atoms with E-state index in [0.717, 1.165) is 38.6 Å². The number of sulfonamides is 1. The highest BCUT2D eigenvalue weighted by molar-refractivity contribution is 8.04. The summed E-state index contributed by atoms with van der Waals surface area (Å²) in [6.07, 6.45) is 3.95. The first-order valence-corrected chi connectivity index (χ1v) is 12.7. The largest absolute Gasteiger partial charge is 0.338 e. The lowest BCUT2D eigenvalue weighted by Crippen LogP contribution is -2.42. The molecule has 0 aliphatic carbocycles. The molecule has 1 aliphatic rings. The number of benzene rings is 2. The molecule has 0 bridgehead atoms. The number of rotatable bonds is 6. The fourth-order valence-electron chi connectivity index (χ4n) is 3.56. The zero-order valence-corrected chi connectivity index (χ0v) is 20.7. The van der Waals surface area contributed by atoms with Crippen molar-refractivity contribution in [2.75, 3.05) is 53.2 Å². The lowest BCUT2D eigenvalue weighted by Gasteiger charge is -2.26. The average molecular weight is 470 g/mol. The molecule has 1 aromatic heterocycles. The molecule has 0 radical (unpaired) electrons. The van der Waals surface area contributed by atoms with E-state index in [0.29, 0.717) is 15.9 Å². The highest BCUT2D eigenvalue weighted by atomic mass is 32.2. The van der Waals surface area contributed by atoms with Crippen molar-refractivity contribution in [3.8, 4) is 0 Å². The second-order valence-corrected chi connectivity index (χ2v) is 12.1. The van der Waals surface area contributed by atoms with Crippen LogP contribution in [-0.2, 0) is 10.0 Å². The predicted molar refractivity (Wildman–Crippen MR) is 133 cm³/mol. The van der Waals surface area contributed by atoms with E-state index in [1.54, 1.807) is 30.9 Å². The Balaban J connectivity index is 1.62. The molecule has 0 amide bonds. The Morgan fingerprint density at radius 3 is 2.62 bits per heavy atom. The zero-order chi connectivity index (χ0) is 23.1. The van der Waals surface area contributed by atoms with Crippen molar-refractivity contribution in [1.82, 2.24) is 9.29 Å². The third kappa shape index (κ3) is 4.54. The molecule has 32 heavy (non-hydrogen) atoms. The summed E-state index contributed by atoms with van der Waals surface area (Å²) < 4.78 is 28.4. The number of nitrogens with zero attached hydrogens (tertiary/aromatic N) is 4. The molecule has 4 rings (SSSR count). The summed E-state index contributed by atoms with van der Waals surface area (Å²) in [6.45, 7) is 1.21. The van der Waals surface area contributed by atoms with Crippen molar-refractivity contribution in [3.05, 3.63) is 65.3 Å². The van der Waals surface area contributed by atoms with Crippen LogP contribution in [0.1, 0.15) is 5.56 Å². The van der Waals surface area contributed by atoms with Crippen LogP contribution >= 0.6 is 11.8 Å². The molecule has 1 aliphatic heterocycles. The van der Waals surface area contributed by atoms with Gasteiger partial charge in [-0.15, -0.1) is 0 Å². The van der Waals surface area contributed by atoms with Gasteiger partial charge in [-0.1, -0.05) is 30.0 Å². The van der Waals surface area contributed by atoms with Crippen LogP contribution < -0.4 is 4.90 Å². The van der Waals surface area contributed by atoms with Crippen LogP contribution in [0.5, 0.6) is 0 Å². The molecule has 8 heteroatoms.